The van der Waals surface area contributed by atoms with Gasteiger partial charge in [0.05, 0.1) is 12.7 Å². The lowest BCUT2D eigenvalue weighted by molar-refractivity contribution is -0.111. The van der Waals surface area contributed by atoms with E-state index < -0.39 is 0 Å². The van der Waals surface area contributed by atoms with Crippen molar-refractivity contribution in [3.63, 3.8) is 0 Å². The maximum Gasteiger partial charge on any atom is 0.337 e. The fourth-order valence-electron chi connectivity index (χ4n) is 1.91. The highest BCUT2D eigenvalue weighted by Crippen LogP contribution is 2.29. The van der Waals surface area contributed by atoms with E-state index in [-0.39, 0.29) is 11.8 Å². The number of Topliss-reactive ketones (excluding diaryl/α,β-unsaturated/α-hetero) is 1. The van der Waals surface area contributed by atoms with Crippen molar-refractivity contribution in [2.45, 2.75) is 13.3 Å². The first-order valence-corrected chi connectivity index (χ1v) is 5.06. The van der Waals surface area contributed by atoms with Crippen LogP contribution in [0.4, 0.5) is 0 Å². The van der Waals surface area contributed by atoms with E-state index in [4.69, 9.17) is 0 Å². The van der Waals surface area contributed by atoms with Crippen molar-refractivity contribution in [3.8, 4) is 0 Å². The van der Waals surface area contributed by atoms with E-state index in [9.17, 15) is 9.59 Å². The van der Waals surface area contributed by atoms with E-state index in [0.29, 0.717) is 11.1 Å². The number of rotatable bonds is 2. The second-order valence-corrected chi connectivity index (χ2v) is 3.74. The van der Waals surface area contributed by atoms with Crippen LogP contribution in [0.15, 0.2) is 24.3 Å². The Labute approximate surface area is 93.7 Å². The van der Waals surface area contributed by atoms with Crippen LogP contribution in [0.25, 0.3) is 5.57 Å². The van der Waals surface area contributed by atoms with Crippen LogP contribution >= 0.6 is 0 Å². The summed E-state index contributed by atoms with van der Waals surface area (Å²) >= 11 is 0. The molecule has 0 aromatic heterocycles. The largest absolute Gasteiger partial charge is 0.465 e. The van der Waals surface area contributed by atoms with Crippen LogP contribution in [0.2, 0.25) is 0 Å². The van der Waals surface area contributed by atoms with Crippen molar-refractivity contribution in [3.05, 3.63) is 41.0 Å². The lowest BCUT2D eigenvalue weighted by atomic mass is 10.0. The Bertz CT molecular complexity index is 498. The van der Waals surface area contributed by atoms with Crippen molar-refractivity contribution < 1.29 is 14.3 Å². The summed E-state index contributed by atoms with van der Waals surface area (Å²) in [6.45, 7) is 1.53. The molecule has 0 saturated carbocycles. The number of allylic oxidation sites excluding steroid dienone is 2. The fourth-order valence-corrected chi connectivity index (χ4v) is 1.91. The lowest BCUT2D eigenvalue weighted by Crippen LogP contribution is -2.03. The molecule has 0 unspecified atom stereocenters. The molecule has 0 saturated heterocycles. The third-order valence-corrected chi connectivity index (χ3v) is 2.73. The van der Waals surface area contributed by atoms with Crippen molar-refractivity contribution in [2.24, 2.45) is 0 Å². The smallest absolute Gasteiger partial charge is 0.337 e. The van der Waals surface area contributed by atoms with Gasteiger partial charge in [-0.1, -0.05) is 12.1 Å². The van der Waals surface area contributed by atoms with Gasteiger partial charge in [0.2, 0.25) is 0 Å². The molecule has 1 aliphatic rings. The van der Waals surface area contributed by atoms with Crippen molar-refractivity contribution >= 4 is 17.3 Å². The number of fused-ring (bicyclic) bond motifs is 1. The molecule has 0 amide bonds. The molecule has 3 heteroatoms. The molecule has 16 heavy (non-hydrogen) atoms. The van der Waals surface area contributed by atoms with Crippen LogP contribution < -0.4 is 0 Å². The Kier molecular flexibility index (Phi) is 2.60. The Morgan fingerprint density at radius 3 is 2.69 bits per heavy atom. The normalized spacial score (nSPS) is 13.0. The number of ether oxygens (including phenoxy) is 1. The predicted octanol–water partition coefficient (Wildman–Crippen LogP) is 2.00. The van der Waals surface area contributed by atoms with Crippen LogP contribution in [0.5, 0.6) is 0 Å². The summed E-state index contributed by atoms with van der Waals surface area (Å²) in [5.74, 6) is -0.349. The quantitative estimate of drug-likeness (QED) is 0.710. The SMILES string of the molecule is COC(=O)c1ccc2c(c1)C(C(C)=O)=CC2. The van der Waals surface area contributed by atoms with E-state index >= 15 is 0 Å². The van der Waals surface area contributed by atoms with Crippen LogP contribution in [0, 0.1) is 0 Å². The maximum atomic E-state index is 11.4. The summed E-state index contributed by atoms with van der Waals surface area (Å²) in [7, 11) is 1.34. The fraction of sp³-hybridized carbons (Fsp3) is 0.231. The molecule has 1 aromatic rings. The van der Waals surface area contributed by atoms with Crippen LogP contribution in [-0.2, 0) is 16.0 Å². The Morgan fingerprint density at radius 2 is 2.06 bits per heavy atom. The molecule has 0 radical (unpaired) electrons. The highest BCUT2D eigenvalue weighted by atomic mass is 16.5. The van der Waals surface area contributed by atoms with Gasteiger partial charge in [0.25, 0.3) is 0 Å². The van der Waals surface area contributed by atoms with Crippen molar-refractivity contribution in [1.82, 2.24) is 0 Å². The zero-order valence-corrected chi connectivity index (χ0v) is 9.24. The zero-order valence-electron chi connectivity index (χ0n) is 9.24. The van der Waals surface area contributed by atoms with Crippen molar-refractivity contribution in [2.75, 3.05) is 7.11 Å². The molecule has 82 valence electrons. The highest BCUT2D eigenvalue weighted by Gasteiger charge is 2.19. The molecule has 0 fully saturated rings. The third-order valence-electron chi connectivity index (χ3n) is 2.73. The average Bonchev–Trinajstić information content (AvgIpc) is 2.70. The van der Waals surface area contributed by atoms with Crippen LogP contribution in [0.1, 0.15) is 28.4 Å². The predicted molar refractivity (Wildman–Crippen MR) is 60.1 cm³/mol. The van der Waals surface area contributed by atoms with Crippen LogP contribution in [0.3, 0.4) is 0 Å². The van der Waals surface area contributed by atoms with Gasteiger partial charge >= 0.3 is 5.97 Å². The average molecular weight is 216 g/mol. The van der Waals surface area contributed by atoms with Gasteiger partial charge in [-0.15, -0.1) is 0 Å². The van der Waals surface area contributed by atoms with E-state index in [2.05, 4.69) is 4.74 Å². The van der Waals surface area contributed by atoms with E-state index in [0.717, 1.165) is 17.5 Å². The van der Waals surface area contributed by atoms with E-state index in [1.54, 1.807) is 12.1 Å². The zero-order chi connectivity index (χ0) is 11.7. The minimum absolute atomic E-state index is 0.0285. The van der Waals surface area contributed by atoms with Gasteiger partial charge in [-0.2, -0.15) is 0 Å². The molecule has 0 heterocycles. The minimum Gasteiger partial charge on any atom is -0.465 e. The molecule has 0 spiro atoms. The number of methoxy groups -OCH3 is 1. The van der Waals surface area contributed by atoms with Gasteiger partial charge in [-0.25, -0.2) is 4.79 Å². The number of benzene rings is 1. The molecule has 1 aliphatic carbocycles. The number of ketones is 1. The van der Waals surface area contributed by atoms with E-state index in [1.807, 2.05) is 12.1 Å². The lowest BCUT2D eigenvalue weighted by Gasteiger charge is -2.05. The minimum atomic E-state index is -0.377. The van der Waals surface area contributed by atoms with Gasteiger partial charge in [-0.05, 0) is 36.6 Å². The molecule has 0 atom stereocenters. The number of hydrogen-bond acceptors (Lipinski definition) is 3. The monoisotopic (exact) mass is 216 g/mol. The number of carbonyl (C=O) groups is 2. The maximum absolute atomic E-state index is 11.4. The molecule has 2 rings (SSSR count). The number of carbonyl (C=O) groups excluding carboxylic acids is 2. The van der Waals surface area contributed by atoms with Crippen LogP contribution in [-0.4, -0.2) is 18.9 Å². The molecule has 0 aliphatic heterocycles. The number of hydrogen-bond donors (Lipinski definition) is 0. The third kappa shape index (κ3) is 1.65. The first-order valence-electron chi connectivity index (χ1n) is 5.06. The Balaban J connectivity index is 2.46. The van der Waals surface area contributed by atoms with Gasteiger partial charge < -0.3 is 4.74 Å². The first-order chi connectivity index (χ1) is 7.63. The molecule has 0 N–H and O–H groups in total. The molecule has 3 nitrogen and oxygen atoms in total. The summed E-state index contributed by atoms with van der Waals surface area (Å²) in [5.41, 5.74) is 3.12. The van der Waals surface area contributed by atoms with Gasteiger partial charge in [0.15, 0.2) is 5.78 Å². The Morgan fingerprint density at radius 1 is 1.31 bits per heavy atom. The summed E-state index contributed by atoms with van der Waals surface area (Å²) in [6.07, 6.45) is 2.65. The summed E-state index contributed by atoms with van der Waals surface area (Å²) in [6, 6.07) is 5.32. The van der Waals surface area contributed by atoms with Gasteiger partial charge in [0.1, 0.15) is 0 Å². The first kappa shape index (κ1) is 10.6. The molecule has 0 bridgehead atoms. The second kappa shape index (κ2) is 3.93. The Hall–Kier alpha value is -1.90. The highest BCUT2D eigenvalue weighted by molar-refractivity contribution is 6.21. The second-order valence-electron chi connectivity index (χ2n) is 3.74. The molecule has 1 aromatic carbocycles. The van der Waals surface area contributed by atoms with Crippen molar-refractivity contribution in [1.29, 1.82) is 0 Å². The molecular weight excluding hydrogens is 204 g/mol. The summed E-state index contributed by atoms with van der Waals surface area (Å²) in [4.78, 5) is 22.7. The van der Waals surface area contributed by atoms with Gasteiger partial charge in [0, 0.05) is 5.57 Å². The summed E-state index contributed by atoms with van der Waals surface area (Å²) in [5, 5.41) is 0. The van der Waals surface area contributed by atoms with E-state index in [1.165, 1.54) is 14.0 Å². The number of esters is 1. The molecular formula is C13H12O3. The topological polar surface area (TPSA) is 43.4 Å². The standard InChI is InChI=1S/C13H12O3/c1-8(14)11-6-5-9-3-4-10(7-12(9)11)13(15)16-2/h3-4,6-7H,5H2,1-2H3. The summed E-state index contributed by atoms with van der Waals surface area (Å²) < 4.78 is 4.65. The van der Waals surface area contributed by atoms with Gasteiger partial charge in [-0.3, -0.25) is 4.79 Å².